The number of halogens is 2. The van der Waals surface area contributed by atoms with Gasteiger partial charge in [-0.15, -0.1) is 0 Å². The average molecular weight is 343 g/mol. The quantitative estimate of drug-likeness (QED) is 0.863. The minimum atomic E-state index is -1.17. The highest BCUT2D eigenvalue weighted by Crippen LogP contribution is 2.22. The molecule has 2 rings (SSSR count). The van der Waals surface area contributed by atoms with Crippen molar-refractivity contribution in [1.29, 1.82) is 0 Å². The van der Waals surface area contributed by atoms with E-state index in [4.69, 9.17) is 0 Å². The molecular formula is C17H23F2NO2S. The number of amides is 1. The van der Waals surface area contributed by atoms with Crippen molar-refractivity contribution in [3.05, 3.63) is 35.4 Å². The van der Waals surface area contributed by atoms with Crippen molar-refractivity contribution in [3.8, 4) is 0 Å². The summed E-state index contributed by atoms with van der Waals surface area (Å²) >= 11 is 0. The molecule has 1 N–H and O–H groups in total. The molecule has 23 heavy (non-hydrogen) atoms. The molecule has 0 spiro atoms. The minimum Gasteiger partial charge on any atom is -0.353 e. The molecule has 1 aromatic rings. The van der Waals surface area contributed by atoms with Crippen LogP contribution in [0.15, 0.2) is 18.2 Å². The van der Waals surface area contributed by atoms with Crippen LogP contribution in [0.4, 0.5) is 8.78 Å². The van der Waals surface area contributed by atoms with Crippen LogP contribution in [0.25, 0.3) is 0 Å². The van der Waals surface area contributed by atoms with Gasteiger partial charge in [-0.25, -0.2) is 8.78 Å². The fourth-order valence-electron chi connectivity index (χ4n) is 2.98. The molecule has 0 radical (unpaired) electrons. The number of carbonyl (C=O) groups is 1. The lowest BCUT2D eigenvalue weighted by atomic mass is 10.0. The Morgan fingerprint density at radius 2 is 1.87 bits per heavy atom. The molecule has 0 aliphatic heterocycles. The van der Waals surface area contributed by atoms with Crippen molar-refractivity contribution < 1.29 is 17.8 Å². The summed E-state index contributed by atoms with van der Waals surface area (Å²) in [7, 11) is -1.17. The van der Waals surface area contributed by atoms with Crippen LogP contribution in [0, 0.1) is 11.6 Å². The van der Waals surface area contributed by atoms with Crippen molar-refractivity contribution >= 4 is 16.7 Å². The Balaban J connectivity index is 1.83. The van der Waals surface area contributed by atoms with Gasteiger partial charge in [0, 0.05) is 27.7 Å². The van der Waals surface area contributed by atoms with Gasteiger partial charge >= 0.3 is 0 Å². The molecular weight excluding hydrogens is 320 g/mol. The van der Waals surface area contributed by atoms with Gasteiger partial charge in [0.1, 0.15) is 17.4 Å². The minimum absolute atomic E-state index is 0.0330. The van der Waals surface area contributed by atoms with Gasteiger partial charge in [-0.2, -0.15) is 0 Å². The molecule has 0 bridgehead atoms. The van der Waals surface area contributed by atoms with E-state index in [0.717, 1.165) is 25.7 Å². The molecule has 1 aliphatic carbocycles. The lowest BCUT2D eigenvalue weighted by Crippen LogP contribution is -2.38. The van der Waals surface area contributed by atoms with Crippen molar-refractivity contribution in [3.63, 3.8) is 0 Å². The first-order valence-corrected chi connectivity index (χ1v) is 9.45. The number of rotatable bonds is 6. The second-order valence-corrected chi connectivity index (χ2v) is 7.87. The zero-order chi connectivity index (χ0) is 16.8. The zero-order valence-corrected chi connectivity index (χ0v) is 14.1. The third kappa shape index (κ3) is 5.37. The third-order valence-electron chi connectivity index (χ3n) is 4.18. The van der Waals surface area contributed by atoms with Gasteiger partial charge < -0.3 is 5.32 Å². The fourth-order valence-corrected chi connectivity index (χ4v) is 4.41. The number of benzene rings is 1. The van der Waals surface area contributed by atoms with Gasteiger partial charge in [0.25, 0.3) is 0 Å². The highest BCUT2D eigenvalue weighted by Gasteiger charge is 2.22. The highest BCUT2D eigenvalue weighted by atomic mass is 32.2. The van der Waals surface area contributed by atoms with Crippen LogP contribution in [0.2, 0.25) is 0 Å². The maximum absolute atomic E-state index is 13.6. The lowest BCUT2D eigenvalue weighted by Gasteiger charge is -2.21. The molecule has 1 aliphatic rings. The number of hydrogen-bond acceptors (Lipinski definition) is 2. The van der Waals surface area contributed by atoms with Gasteiger partial charge in [0.15, 0.2) is 0 Å². The summed E-state index contributed by atoms with van der Waals surface area (Å²) in [5, 5.41) is 2.79. The maximum Gasteiger partial charge on any atom is 0.232 e. The van der Waals surface area contributed by atoms with Crippen LogP contribution in [0.1, 0.15) is 44.6 Å². The summed E-state index contributed by atoms with van der Waals surface area (Å²) in [5.74, 6) is -1.58. The van der Waals surface area contributed by atoms with Crippen molar-refractivity contribution in [2.24, 2.45) is 0 Å². The van der Waals surface area contributed by atoms with Crippen LogP contribution in [-0.2, 0) is 22.0 Å². The second-order valence-electron chi connectivity index (χ2n) is 6.16. The van der Waals surface area contributed by atoms with E-state index in [1.165, 1.54) is 24.6 Å². The van der Waals surface area contributed by atoms with Gasteiger partial charge in [0.2, 0.25) is 5.91 Å². The Hall–Kier alpha value is -1.30. The summed E-state index contributed by atoms with van der Waals surface area (Å²) in [4.78, 5) is 12.0. The predicted octanol–water partition coefficient (Wildman–Crippen LogP) is 3.09. The van der Waals surface area contributed by atoms with Crippen molar-refractivity contribution in [1.82, 2.24) is 5.32 Å². The van der Waals surface area contributed by atoms with Crippen LogP contribution >= 0.6 is 0 Å². The summed E-state index contributed by atoms with van der Waals surface area (Å²) in [5.41, 5.74) is -0.0336. The second kappa shape index (κ2) is 8.52. The maximum atomic E-state index is 13.6. The summed E-state index contributed by atoms with van der Waals surface area (Å²) < 4.78 is 39.4. The van der Waals surface area contributed by atoms with Gasteiger partial charge in [0.05, 0.1) is 0 Å². The SMILES string of the molecule is C[C@@H](Cc1c(F)cccc1F)NC(=O)C[S@@](=O)C1CCCCC1. The van der Waals surface area contributed by atoms with Crippen molar-refractivity contribution in [2.75, 3.05) is 5.75 Å². The molecule has 1 amide bonds. The van der Waals surface area contributed by atoms with Gasteiger partial charge in [-0.3, -0.25) is 9.00 Å². The first-order valence-electron chi connectivity index (χ1n) is 8.07. The number of nitrogens with one attached hydrogen (secondary N) is 1. The normalized spacial score (nSPS) is 18.4. The fraction of sp³-hybridized carbons (Fsp3) is 0.588. The van der Waals surface area contributed by atoms with Gasteiger partial charge in [-0.1, -0.05) is 25.3 Å². The molecule has 1 aromatic carbocycles. The van der Waals surface area contributed by atoms with Crippen LogP contribution in [-0.4, -0.2) is 27.2 Å². The van der Waals surface area contributed by atoms with Crippen LogP contribution < -0.4 is 5.32 Å². The molecule has 0 aromatic heterocycles. The van der Waals surface area contributed by atoms with E-state index in [9.17, 15) is 17.8 Å². The number of carbonyl (C=O) groups excluding carboxylic acids is 1. The van der Waals surface area contributed by atoms with Crippen LogP contribution in [0.5, 0.6) is 0 Å². The smallest absolute Gasteiger partial charge is 0.232 e. The van der Waals surface area contributed by atoms with E-state index >= 15 is 0 Å². The monoisotopic (exact) mass is 343 g/mol. The Morgan fingerprint density at radius 1 is 1.26 bits per heavy atom. The Labute approximate surface area is 138 Å². The Bertz CT molecular complexity index is 553. The molecule has 0 unspecified atom stereocenters. The third-order valence-corrected chi connectivity index (χ3v) is 5.94. The van der Waals surface area contributed by atoms with E-state index < -0.39 is 28.5 Å². The van der Waals surface area contributed by atoms with Crippen molar-refractivity contribution in [2.45, 2.75) is 56.7 Å². The zero-order valence-electron chi connectivity index (χ0n) is 13.3. The number of hydrogen-bond donors (Lipinski definition) is 1. The van der Waals surface area contributed by atoms with Gasteiger partial charge in [-0.05, 0) is 38.3 Å². The summed E-state index contributed by atoms with van der Waals surface area (Å²) in [6, 6.07) is 3.29. The first-order chi connectivity index (χ1) is 11.0. The topological polar surface area (TPSA) is 46.2 Å². The molecule has 2 atom stereocenters. The van der Waals surface area contributed by atoms with E-state index in [0.29, 0.717) is 0 Å². The summed E-state index contributed by atoms with van der Waals surface area (Å²) in [6.07, 6.45) is 5.21. The molecule has 128 valence electrons. The lowest BCUT2D eigenvalue weighted by molar-refractivity contribution is -0.119. The molecule has 3 nitrogen and oxygen atoms in total. The largest absolute Gasteiger partial charge is 0.353 e. The van der Waals surface area contributed by atoms with E-state index in [1.54, 1.807) is 6.92 Å². The standard InChI is InChI=1S/C17H23F2NO2S/c1-12(10-14-15(18)8-5-9-16(14)19)20-17(21)11-23(22)13-6-3-2-4-7-13/h5,8-9,12-13H,2-4,6-7,10-11H2,1H3,(H,20,21)/t12-,23+/m0/s1. The first kappa shape index (κ1) is 18.0. The predicted molar refractivity (Wildman–Crippen MR) is 87.5 cm³/mol. The van der Waals surface area contributed by atoms with Crippen LogP contribution in [0.3, 0.4) is 0 Å². The van der Waals surface area contributed by atoms with E-state index in [1.807, 2.05) is 0 Å². The molecule has 0 heterocycles. The Morgan fingerprint density at radius 3 is 2.48 bits per heavy atom. The summed E-state index contributed by atoms with van der Waals surface area (Å²) in [6.45, 7) is 1.69. The average Bonchev–Trinajstić information content (AvgIpc) is 2.51. The molecule has 6 heteroatoms. The van der Waals surface area contributed by atoms with E-state index in [-0.39, 0.29) is 28.9 Å². The molecule has 1 fully saturated rings. The molecule has 0 saturated heterocycles. The molecule has 1 saturated carbocycles. The highest BCUT2D eigenvalue weighted by molar-refractivity contribution is 7.86. The Kier molecular flexibility index (Phi) is 6.69. The van der Waals surface area contributed by atoms with E-state index in [2.05, 4.69) is 5.32 Å².